The third kappa shape index (κ3) is 2.54. The maximum absolute atomic E-state index is 3.65. The normalized spacial score (nSPS) is 28.6. The highest BCUT2D eigenvalue weighted by Crippen LogP contribution is 2.43. The van der Waals surface area contributed by atoms with Gasteiger partial charge in [-0.25, -0.2) is 0 Å². The van der Waals surface area contributed by atoms with Gasteiger partial charge in [0.15, 0.2) is 0 Å². The van der Waals surface area contributed by atoms with E-state index < -0.39 is 0 Å². The first kappa shape index (κ1) is 11.4. The lowest BCUT2D eigenvalue weighted by Gasteiger charge is -2.36. The van der Waals surface area contributed by atoms with E-state index in [9.17, 15) is 0 Å². The van der Waals surface area contributed by atoms with Gasteiger partial charge in [-0.15, -0.1) is 0 Å². The van der Waals surface area contributed by atoms with Gasteiger partial charge in [0.05, 0.1) is 0 Å². The molecule has 2 fully saturated rings. The molecule has 0 bridgehead atoms. The van der Waals surface area contributed by atoms with Crippen molar-refractivity contribution in [1.82, 2.24) is 10.2 Å². The lowest BCUT2D eigenvalue weighted by molar-refractivity contribution is 0.127. The minimum Gasteiger partial charge on any atom is -0.313 e. The second-order valence-corrected chi connectivity index (χ2v) is 5.81. The van der Waals surface area contributed by atoms with Gasteiger partial charge in [-0.3, -0.25) is 4.90 Å². The van der Waals surface area contributed by atoms with Crippen LogP contribution in [0.1, 0.15) is 46.5 Å². The SMILES string of the molecule is CCCNC1CCN(C(C)(C)C2CC2)C1. The molecular formula is C13H26N2. The molecule has 0 aromatic heterocycles. The van der Waals surface area contributed by atoms with Crippen molar-refractivity contribution in [3.8, 4) is 0 Å². The molecule has 0 radical (unpaired) electrons. The summed E-state index contributed by atoms with van der Waals surface area (Å²) in [6.45, 7) is 10.9. The minimum atomic E-state index is 0.461. The zero-order valence-corrected chi connectivity index (χ0v) is 10.6. The quantitative estimate of drug-likeness (QED) is 0.749. The van der Waals surface area contributed by atoms with E-state index in [2.05, 4.69) is 31.0 Å². The highest BCUT2D eigenvalue weighted by molar-refractivity contribution is 4.99. The van der Waals surface area contributed by atoms with Crippen LogP contribution in [0.4, 0.5) is 0 Å². The molecule has 15 heavy (non-hydrogen) atoms. The van der Waals surface area contributed by atoms with Crippen LogP contribution >= 0.6 is 0 Å². The molecule has 88 valence electrons. The van der Waals surface area contributed by atoms with Gasteiger partial charge in [-0.1, -0.05) is 6.92 Å². The molecule has 2 nitrogen and oxygen atoms in total. The number of rotatable bonds is 5. The van der Waals surface area contributed by atoms with Crippen LogP contribution < -0.4 is 5.32 Å². The van der Waals surface area contributed by atoms with Crippen LogP contribution in [-0.4, -0.2) is 36.1 Å². The van der Waals surface area contributed by atoms with E-state index in [4.69, 9.17) is 0 Å². The van der Waals surface area contributed by atoms with Crippen LogP contribution in [0.5, 0.6) is 0 Å². The van der Waals surface area contributed by atoms with E-state index in [1.54, 1.807) is 0 Å². The van der Waals surface area contributed by atoms with Gasteiger partial charge < -0.3 is 5.32 Å². The lowest BCUT2D eigenvalue weighted by atomic mass is 9.97. The summed E-state index contributed by atoms with van der Waals surface area (Å²) in [6, 6.07) is 0.753. The monoisotopic (exact) mass is 210 g/mol. The zero-order valence-electron chi connectivity index (χ0n) is 10.6. The smallest absolute Gasteiger partial charge is 0.0207 e. The average Bonchev–Trinajstić information content (AvgIpc) is 2.95. The number of likely N-dealkylation sites (tertiary alicyclic amines) is 1. The van der Waals surface area contributed by atoms with Gasteiger partial charge in [0.25, 0.3) is 0 Å². The Labute approximate surface area is 94.4 Å². The molecule has 2 rings (SSSR count). The average molecular weight is 210 g/mol. The molecule has 1 saturated carbocycles. The molecule has 1 N–H and O–H groups in total. The Morgan fingerprint density at radius 3 is 2.60 bits per heavy atom. The van der Waals surface area contributed by atoms with Crippen LogP contribution in [0, 0.1) is 5.92 Å². The Morgan fingerprint density at radius 2 is 2.00 bits per heavy atom. The van der Waals surface area contributed by atoms with E-state index in [0.717, 1.165) is 12.0 Å². The third-order valence-electron chi connectivity index (χ3n) is 4.26. The summed E-state index contributed by atoms with van der Waals surface area (Å²) < 4.78 is 0. The van der Waals surface area contributed by atoms with Crippen molar-refractivity contribution in [1.29, 1.82) is 0 Å². The highest BCUT2D eigenvalue weighted by Gasteiger charge is 2.43. The first-order valence-electron chi connectivity index (χ1n) is 6.63. The fourth-order valence-electron chi connectivity index (χ4n) is 2.85. The Balaban J connectivity index is 1.81. The summed E-state index contributed by atoms with van der Waals surface area (Å²) in [4.78, 5) is 2.71. The molecule has 1 aliphatic carbocycles. The standard InChI is InChI=1S/C13H26N2/c1-4-8-14-12-7-9-15(10-12)13(2,3)11-5-6-11/h11-12,14H,4-10H2,1-3H3. The molecule has 0 aromatic rings. The molecule has 0 aromatic carbocycles. The number of hydrogen-bond acceptors (Lipinski definition) is 2. The molecule has 0 spiro atoms. The van der Waals surface area contributed by atoms with Crippen molar-refractivity contribution in [3.63, 3.8) is 0 Å². The second-order valence-electron chi connectivity index (χ2n) is 5.81. The zero-order chi connectivity index (χ0) is 10.9. The van der Waals surface area contributed by atoms with Crippen LogP contribution in [-0.2, 0) is 0 Å². The van der Waals surface area contributed by atoms with E-state index in [-0.39, 0.29) is 0 Å². The van der Waals surface area contributed by atoms with Gasteiger partial charge in [0, 0.05) is 24.7 Å². The van der Waals surface area contributed by atoms with Gasteiger partial charge in [0.2, 0.25) is 0 Å². The van der Waals surface area contributed by atoms with E-state index >= 15 is 0 Å². The predicted molar refractivity (Wildman–Crippen MR) is 65.1 cm³/mol. The molecular weight excluding hydrogens is 184 g/mol. The van der Waals surface area contributed by atoms with Crippen molar-refractivity contribution in [2.45, 2.75) is 58.0 Å². The number of nitrogens with one attached hydrogen (secondary N) is 1. The Morgan fingerprint density at radius 1 is 1.27 bits per heavy atom. The third-order valence-corrected chi connectivity index (χ3v) is 4.26. The van der Waals surface area contributed by atoms with Crippen molar-refractivity contribution >= 4 is 0 Å². The molecule has 1 unspecified atom stereocenters. The van der Waals surface area contributed by atoms with Crippen LogP contribution in [0.25, 0.3) is 0 Å². The summed E-state index contributed by atoms with van der Waals surface area (Å²) in [5.41, 5.74) is 0.461. The van der Waals surface area contributed by atoms with Gasteiger partial charge in [-0.05, 0) is 52.0 Å². The van der Waals surface area contributed by atoms with Crippen LogP contribution in [0.2, 0.25) is 0 Å². The highest BCUT2D eigenvalue weighted by atomic mass is 15.2. The molecule has 1 atom stereocenters. The fraction of sp³-hybridized carbons (Fsp3) is 1.00. The van der Waals surface area contributed by atoms with Crippen LogP contribution in [0.3, 0.4) is 0 Å². The Bertz CT molecular complexity index is 209. The minimum absolute atomic E-state index is 0.461. The summed E-state index contributed by atoms with van der Waals surface area (Å²) in [7, 11) is 0. The van der Waals surface area contributed by atoms with Crippen molar-refractivity contribution in [2.24, 2.45) is 5.92 Å². The topological polar surface area (TPSA) is 15.3 Å². The Kier molecular flexibility index (Phi) is 3.36. The summed E-state index contributed by atoms with van der Waals surface area (Å²) in [5, 5.41) is 3.65. The van der Waals surface area contributed by atoms with E-state index in [1.165, 1.54) is 45.3 Å². The second kappa shape index (κ2) is 4.42. The van der Waals surface area contributed by atoms with Crippen molar-refractivity contribution in [2.75, 3.05) is 19.6 Å². The molecule has 1 aliphatic heterocycles. The predicted octanol–water partition coefficient (Wildman–Crippen LogP) is 2.25. The molecule has 2 aliphatic rings. The van der Waals surface area contributed by atoms with E-state index in [0.29, 0.717) is 5.54 Å². The molecule has 1 heterocycles. The summed E-state index contributed by atoms with van der Waals surface area (Å²) >= 11 is 0. The number of hydrogen-bond donors (Lipinski definition) is 1. The summed E-state index contributed by atoms with van der Waals surface area (Å²) in [6.07, 6.45) is 5.51. The van der Waals surface area contributed by atoms with Crippen LogP contribution in [0.15, 0.2) is 0 Å². The molecule has 2 heteroatoms. The maximum Gasteiger partial charge on any atom is 0.0207 e. The van der Waals surface area contributed by atoms with Gasteiger partial charge in [0.1, 0.15) is 0 Å². The van der Waals surface area contributed by atoms with Crippen molar-refractivity contribution in [3.05, 3.63) is 0 Å². The largest absolute Gasteiger partial charge is 0.313 e. The van der Waals surface area contributed by atoms with Gasteiger partial charge >= 0.3 is 0 Å². The maximum atomic E-state index is 3.65. The first-order chi connectivity index (χ1) is 7.14. The lowest BCUT2D eigenvalue weighted by Crippen LogP contribution is -2.46. The first-order valence-corrected chi connectivity index (χ1v) is 6.63. The van der Waals surface area contributed by atoms with Gasteiger partial charge in [-0.2, -0.15) is 0 Å². The molecule has 0 amide bonds. The van der Waals surface area contributed by atoms with Crippen molar-refractivity contribution < 1.29 is 0 Å². The number of nitrogens with zero attached hydrogens (tertiary/aromatic N) is 1. The molecule has 1 saturated heterocycles. The van der Waals surface area contributed by atoms with E-state index in [1.807, 2.05) is 0 Å². The summed E-state index contributed by atoms with van der Waals surface area (Å²) in [5.74, 6) is 0.974. The fourth-order valence-corrected chi connectivity index (χ4v) is 2.85. The Hall–Kier alpha value is -0.0800.